The van der Waals surface area contributed by atoms with Gasteiger partial charge in [0.25, 0.3) is 0 Å². The third-order valence-corrected chi connectivity index (χ3v) is 3.60. The third-order valence-electron chi connectivity index (χ3n) is 2.83. The number of esters is 1. The maximum absolute atomic E-state index is 11.9. The fourth-order valence-corrected chi connectivity index (χ4v) is 2.65. The summed E-state index contributed by atoms with van der Waals surface area (Å²) in [5, 5.41) is 1.79. The van der Waals surface area contributed by atoms with Gasteiger partial charge in [-0.15, -0.1) is 0 Å². The molecule has 0 fully saturated rings. The zero-order chi connectivity index (χ0) is 14.5. The van der Waals surface area contributed by atoms with Crippen molar-refractivity contribution in [3.63, 3.8) is 0 Å². The summed E-state index contributed by atoms with van der Waals surface area (Å²) in [7, 11) is 0. The smallest absolute Gasteiger partial charge is 0.307 e. The molecule has 0 bridgehead atoms. The van der Waals surface area contributed by atoms with Crippen molar-refractivity contribution in [3.8, 4) is 11.3 Å². The molecular weight excluding hydrogens is 276 g/mol. The molecule has 0 aliphatic rings. The highest BCUT2D eigenvalue weighted by Gasteiger charge is 2.11. The Hall–Kier alpha value is -2.08. The van der Waals surface area contributed by atoms with Gasteiger partial charge in [-0.1, -0.05) is 23.5 Å². The topological polar surface area (TPSA) is 74.3 Å². The molecule has 0 aliphatic heterocycles. The Morgan fingerprint density at radius 3 is 2.70 bits per heavy atom. The van der Waals surface area contributed by atoms with E-state index in [4.69, 9.17) is 10.5 Å². The van der Waals surface area contributed by atoms with Crippen LogP contribution in [0.15, 0.2) is 34.4 Å². The van der Waals surface area contributed by atoms with Crippen LogP contribution in [0.4, 0.5) is 5.69 Å². The molecule has 0 radical (unpaired) electrons. The minimum atomic E-state index is -0.297. The fourth-order valence-electron chi connectivity index (χ4n) is 1.86. The summed E-state index contributed by atoms with van der Waals surface area (Å²) in [5.41, 5.74) is 8.02. The molecule has 1 aromatic carbocycles. The number of nitrogen functional groups attached to an aromatic ring is 1. The van der Waals surface area contributed by atoms with Gasteiger partial charge in [0, 0.05) is 17.6 Å². The van der Waals surface area contributed by atoms with Gasteiger partial charge in [-0.3, -0.25) is 14.2 Å². The second-order valence-electron chi connectivity index (χ2n) is 4.22. The summed E-state index contributed by atoms with van der Waals surface area (Å²) in [6.07, 6.45) is 0.187. The van der Waals surface area contributed by atoms with Crippen molar-refractivity contribution in [1.29, 1.82) is 0 Å². The van der Waals surface area contributed by atoms with Gasteiger partial charge in [-0.05, 0) is 24.6 Å². The quantitative estimate of drug-likeness (QED) is 0.676. The number of rotatable bonds is 5. The third kappa shape index (κ3) is 3.27. The van der Waals surface area contributed by atoms with Crippen molar-refractivity contribution in [2.24, 2.45) is 0 Å². The highest BCUT2D eigenvalue weighted by molar-refractivity contribution is 7.07. The maximum atomic E-state index is 11.9. The molecular formula is C14H16N2O3S. The van der Waals surface area contributed by atoms with Gasteiger partial charge in [-0.2, -0.15) is 0 Å². The Morgan fingerprint density at radius 2 is 2.05 bits per heavy atom. The molecule has 1 aromatic heterocycles. The number of ether oxygens (including phenoxy) is 1. The Bertz CT molecular complexity index is 643. The molecule has 0 saturated heterocycles. The number of thiazole rings is 1. The molecule has 0 saturated carbocycles. The van der Waals surface area contributed by atoms with Crippen LogP contribution in [0, 0.1) is 0 Å². The van der Waals surface area contributed by atoms with Crippen LogP contribution in [0.3, 0.4) is 0 Å². The lowest BCUT2D eigenvalue weighted by molar-refractivity contribution is -0.143. The molecule has 0 spiro atoms. The first-order valence-electron chi connectivity index (χ1n) is 6.31. The Morgan fingerprint density at radius 1 is 1.35 bits per heavy atom. The van der Waals surface area contributed by atoms with Crippen LogP contribution in [0.5, 0.6) is 0 Å². The normalized spacial score (nSPS) is 10.4. The van der Waals surface area contributed by atoms with Gasteiger partial charge in [0.1, 0.15) is 0 Å². The van der Waals surface area contributed by atoms with E-state index in [1.807, 2.05) is 12.1 Å². The van der Waals surface area contributed by atoms with E-state index in [-0.39, 0.29) is 17.3 Å². The van der Waals surface area contributed by atoms with Crippen molar-refractivity contribution in [2.75, 3.05) is 12.3 Å². The van der Waals surface area contributed by atoms with Gasteiger partial charge in [0.05, 0.1) is 18.7 Å². The number of carbonyl (C=O) groups excluding carboxylic acids is 1. The second kappa shape index (κ2) is 6.38. The van der Waals surface area contributed by atoms with Gasteiger partial charge in [0.15, 0.2) is 0 Å². The zero-order valence-electron chi connectivity index (χ0n) is 11.2. The van der Waals surface area contributed by atoms with Crippen molar-refractivity contribution in [2.45, 2.75) is 19.9 Å². The predicted octanol–water partition coefficient (Wildman–Crippen LogP) is 2.11. The number of nitrogens with two attached hydrogens (primary N) is 1. The molecule has 0 unspecified atom stereocenters. The Kier molecular flexibility index (Phi) is 4.57. The van der Waals surface area contributed by atoms with E-state index in [0.29, 0.717) is 18.8 Å². The number of anilines is 1. The summed E-state index contributed by atoms with van der Waals surface area (Å²) in [4.78, 5) is 23.2. The van der Waals surface area contributed by atoms with Gasteiger partial charge >= 0.3 is 10.8 Å². The summed E-state index contributed by atoms with van der Waals surface area (Å²) in [5.74, 6) is -0.297. The van der Waals surface area contributed by atoms with E-state index in [2.05, 4.69) is 0 Å². The van der Waals surface area contributed by atoms with E-state index < -0.39 is 0 Å². The van der Waals surface area contributed by atoms with Crippen LogP contribution in [0.1, 0.15) is 13.3 Å². The lowest BCUT2D eigenvalue weighted by Crippen LogP contribution is -2.17. The van der Waals surface area contributed by atoms with E-state index in [9.17, 15) is 9.59 Å². The predicted molar refractivity (Wildman–Crippen MR) is 79.7 cm³/mol. The molecule has 0 amide bonds. The summed E-state index contributed by atoms with van der Waals surface area (Å²) >= 11 is 1.12. The highest BCUT2D eigenvalue weighted by atomic mass is 32.1. The maximum Gasteiger partial charge on any atom is 0.307 e. The van der Waals surface area contributed by atoms with E-state index in [1.54, 1.807) is 29.0 Å². The fraction of sp³-hybridized carbons (Fsp3) is 0.286. The lowest BCUT2D eigenvalue weighted by Gasteiger charge is -2.07. The molecule has 2 rings (SSSR count). The van der Waals surface area contributed by atoms with Gasteiger partial charge in [-0.25, -0.2) is 0 Å². The van der Waals surface area contributed by atoms with Crippen LogP contribution < -0.4 is 10.6 Å². The highest BCUT2D eigenvalue weighted by Crippen LogP contribution is 2.21. The number of carbonyl (C=O) groups is 1. The minimum absolute atomic E-state index is 0.0823. The largest absolute Gasteiger partial charge is 0.466 e. The molecule has 6 heteroatoms. The molecule has 106 valence electrons. The number of hydrogen-bond donors (Lipinski definition) is 1. The standard InChI is InChI=1S/C14H16N2O3S/c1-2-19-13(17)7-8-16-12(9-20-14(16)18)10-3-5-11(15)6-4-10/h3-6,9H,2,7-8,15H2,1H3. The monoisotopic (exact) mass is 292 g/mol. The summed E-state index contributed by atoms with van der Waals surface area (Å²) in [6.45, 7) is 2.43. The number of aromatic nitrogens is 1. The first kappa shape index (κ1) is 14.3. The van der Waals surface area contributed by atoms with Crippen LogP contribution in [0.25, 0.3) is 11.3 Å². The van der Waals surface area contributed by atoms with Gasteiger partial charge < -0.3 is 10.5 Å². The summed E-state index contributed by atoms with van der Waals surface area (Å²) < 4.78 is 6.46. The number of nitrogens with zero attached hydrogens (tertiary/aromatic N) is 1. The molecule has 2 N–H and O–H groups in total. The van der Waals surface area contributed by atoms with Crippen molar-refractivity contribution in [1.82, 2.24) is 4.57 Å². The Labute approximate surface area is 120 Å². The van der Waals surface area contributed by atoms with E-state index in [1.165, 1.54) is 0 Å². The zero-order valence-corrected chi connectivity index (χ0v) is 12.0. The van der Waals surface area contributed by atoms with E-state index >= 15 is 0 Å². The van der Waals surface area contributed by atoms with Crippen molar-refractivity contribution >= 4 is 23.0 Å². The molecule has 0 atom stereocenters. The molecule has 0 aliphatic carbocycles. The first-order chi connectivity index (χ1) is 9.61. The minimum Gasteiger partial charge on any atom is -0.466 e. The average molecular weight is 292 g/mol. The SMILES string of the molecule is CCOC(=O)CCn1c(-c2ccc(N)cc2)csc1=O. The Balaban J connectivity index is 2.21. The van der Waals surface area contributed by atoms with Crippen molar-refractivity contribution < 1.29 is 9.53 Å². The average Bonchev–Trinajstić information content (AvgIpc) is 2.79. The molecule has 2 aromatic rings. The number of benzene rings is 1. The molecule has 20 heavy (non-hydrogen) atoms. The first-order valence-corrected chi connectivity index (χ1v) is 7.19. The van der Waals surface area contributed by atoms with Crippen molar-refractivity contribution in [3.05, 3.63) is 39.3 Å². The van der Waals surface area contributed by atoms with E-state index in [0.717, 1.165) is 22.6 Å². The summed E-state index contributed by atoms with van der Waals surface area (Å²) in [6, 6.07) is 7.29. The molecule has 1 heterocycles. The second-order valence-corrected chi connectivity index (χ2v) is 5.04. The van der Waals surface area contributed by atoms with Crippen LogP contribution in [-0.2, 0) is 16.1 Å². The van der Waals surface area contributed by atoms with Gasteiger partial charge in [0.2, 0.25) is 0 Å². The van der Waals surface area contributed by atoms with Crippen LogP contribution >= 0.6 is 11.3 Å². The molecule has 5 nitrogen and oxygen atoms in total. The van der Waals surface area contributed by atoms with Crippen LogP contribution in [0.2, 0.25) is 0 Å². The lowest BCUT2D eigenvalue weighted by atomic mass is 10.1. The van der Waals surface area contributed by atoms with Crippen LogP contribution in [-0.4, -0.2) is 17.1 Å². The number of hydrogen-bond acceptors (Lipinski definition) is 5.